The number of ether oxygens (including phenoxy) is 1. The first-order valence-electron chi connectivity index (χ1n) is 8.71. The van der Waals surface area contributed by atoms with E-state index in [1.807, 2.05) is 13.8 Å². The molecule has 0 atom stereocenters. The van der Waals surface area contributed by atoms with Gasteiger partial charge in [-0.2, -0.15) is 18.2 Å². The van der Waals surface area contributed by atoms with Crippen LogP contribution in [-0.4, -0.2) is 16.1 Å². The molecule has 9 heteroatoms. The summed E-state index contributed by atoms with van der Waals surface area (Å²) in [5, 5.41) is 5.62. The van der Waals surface area contributed by atoms with Crippen LogP contribution in [0.1, 0.15) is 19.4 Å². The predicted octanol–water partition coefficient (Wildman–Crippen LogP) is 6.53. The molecule has 1 aromatic heterocycles. The van der Waals surface area contributed by atoms with Crippen LogP contribution in [0.25, 0.3) is 0 Å². The van der Waals surface area contributed by atoms with Crippen molar-refractivity contribution in [2.45, 2.75) is 26.1 Å². The first-order valence-corrected chi connectivity index (χ1v) is 9.50. The van der Waals surface area contributed by atoms with E-state index in [1.54, 1.807) is 48.5 Å². The fourth-order valence-corrected chi connectivity index (χ4v) is 2.87. The smallest absolute Gasteiger partial charge is 0.421 e. The van der Waals surface area contributed by atoms with Gasteiger partial charge in [0.2, 0.25) is 5.95 Å². The van der Waals surface area contributed by atoms with Crippen molar-refractivity contribution in [3.8, 4) is 5.75 Å². The summed E-state index contributed by atoms with van der Waals surface area (Å²) in [4.78, 5) is 7.84. The van der Waals surface area contributed by atoms with Gasteiger partial charge in [-0.3, -0.25) is 0 Å². The largest absolute Gasteiger partial charge is 0.491 e. The lowest BCUT2D eigenvalue weighted by molar-refractivity contribution is -0.137. The molecule has 1 heterocycles. The van der Waals surface area contributed by atoms with Gasteiger partial charge in [-0.15, -0.1) is 0 Å². The van der Waals surface area contributed by atoms with E-state index in [-0.39, 0.29) is 17.9 Å². The zero-order valence-corrected chi connectivity index (χ0v) is 17.2. The number of nitrogens with zero attached hydrogens (tertiary/aromatic N) is 2. The Bertz CT molecular complexity index is 978. The van der Waals surface area contributed by atoms with Crippen LogP contribution in [0.3, 0.4) is 0 Å². The van der Waals surface area contributed by atoms with E-state index in [0.29, 0.717) is 17.1 Å². The molecule has 0 radical (unpaired) electrons. The molecule has 0 saturated carbocycles. The summed E-state index contributed by atoms with van der Waals surface area (Å²) in [5.41, 5.74) is 0.127. The molecule has 0 saturated heterocycles. The Balaban J connectivity index is 1.86. The molecule has 3 aromatic rings. The molecule has 152 valence electrons. The van der Waals surface area contributed by atoms with Gasteiger partial charge in [0.25, 0.3) is 0 Å². The van der Waals surface area contributed by atoms with E-state index in [4.69, 9.17) is 4.74 Å². The van der Waals surface area contributed by atoms with Crippen LogP contribution in [0, 0.1) is 0 Å². The number of hydrogen-bond donors (Lipinski definition) is 2. The first kappa shape index (κ1) is 20.9. The number of anilines is 4. The fraction of sp³-hybridized carbons (Fsp3) is 0.200. The van der Waals surface area contributed by atoms with Crippen LogP contribution >= 0.6 is 15.9 Å². The molecule has 0 aliphatic rings. The van der Waals surface area contributed by atoms with E-state index in [9.17, 15) is 13.2 Å². The number of nitrogens with one attached hydrogen (secondary N) is 2. The molecule has 3 rings (SSSR count). The summed E-state index contributed by atoms with van der Waals surface area (Å²) in [6, 6.07) is 13.8. The molecule has 0 bridgehead atoms. The Morgan fingerprint density at radius 3 is 2.34 bits per heavy atom. The maximum absolute atomic E-state index is 13.4. The molecule has 0 spiro atoms. The molecule has 0 amide bonds. The third-order valence-electron chi connectivity index (χ3n) is 3.66. The summed E-state index contributed by atoms with van der Waals surface area (Å²) in [6.45, 7) is 3.84. The monoisotopic (exact) mass is 466 g/mol. The van der Waals surface area contributed by atoms with Crippen molar-refractivity contribution in [2.24, 2.45) is 0 Å². The number of hydrogen-bond acceptors (Lipinski definition) is 5. The molecule has 2 aromatic carbocycles. The standard InChI is InChI=1S/C20H18BrF3N4O/c1-12(2)29-16-8-6-14(7-9-16)27-19-25-11-17(20(22,23)24)18(28-19)26-15-5-3-4-13(21)10-15/h3-12H,1-2H3,(H2,25,26,27,28). The van der Waals surface area contributed by atoms with E-state index in [0.717, 1.165) is 10.7 Å². The van der Waals surface area contributed by atoms with Crippen molar-refractivity contribution >= 4 is 39.1 Å². The normalized spacial score (nSPS) is 11.4. The maximum atomic E-state index is 13.4. The van der Waals surface area contributed by atoms with Crippen LogP contribution in [0.5, 0.6) is 5.75 Å². The lowest BCUT2D eigenvalue weighted by Crippen LogP contribution is -2.12. The van der Waals surface area contributed by atoms with Gasteiger partial charge in [-0.25, -0.2) is 4.98 Å². The predicted molar refractivity (Wildman–Crippen MR) is 110 cm³/mol. The Labute approximate surface area is 174 Å². The second-order valence-electron chi connectivity index (χ2n) is 6.40. The number of rotatable bonds is 6. The van der Waals surface area contributed by atoms with Crippen molar-refractivity contribution in [3.05, 3.63) is 64.8 Å². The summed E-state index contributed by atoms with van der Waals surface area (Å²) in [7, 11) is 0. The van der Waals surface area contributed by atoms with Gasteiger partial charge in [0.05, 0.1) is 6.10 Å². The minimum atomic E-state index is -4.59. The topological polar surface area (TPSA) is 59.1 Å². The van der Waals surface area contributed by atoms with Crippen molar-refractivity contribution in [2.75, 3.05) is 10.6 Å². The summed E-state index contributed by atoms with van der Waals surface area (Å²) in [5.74, 6) is 0.386. The lowest BCUT2D eigenvalue weighted by Gasteiger charge is -2.15. The zero-order valence-electron chi connectivity index (χ0n) is 15.6. The quantitative estimate of drug-likeness (QED) is 0.432. The molecular weight excluding hydrogens is 449 g/mol. The van der Waals surface area contributed by atoms with E-state index in [1.165, 1.54) is 0 Å². The maximum Gasteiger partial charge on any atom is 0.421 e. The van der Waals surface area contributed by atoms with Gasteiger partial charge in [-0.05, 0) is 56.3 Å². The third-order valence-corrected chi connectivity index (χ3v) is 4.16. The molecule has 5 nitrogen and oxygen atoms in total. The molecule has 0 fully saturated rings. The minimum absolute atomic E-state index is 0.0352. The fourth-order valence-electron chi connectivity index (χ4n) is 2.47. The summed E-state index contributed by atoms with van der Waals surface area (Å²) in [6.07, 6.45) is -3.80. The van der Waals surface area contributed by atoms with Crippen molar-refractivity contribution < 1.29 is 17.9 Å². The summed E-state index contributed by atoms with van der Waals surface area (Å²) >= 11 is 3.30. The van der Waals surface area contributed by atoms with Gasteiger partial charge >= 0.3 is 6.18 Å². The highest BCUT2D eigenvalue weighted by molar-refractivity contribution is 9.10. The molecule has 0 aliphatic heterocycles. The highest BCUT2D eigenvalue weighted by atomic mass is 79.9. The molecule has 0 unspecified atom stereocenters. The average Bonchev–Trinajstić information content (AvgIpc) is 2.62. The van der Waals surface area contributed by atoms with E-state index >= 15 is 0 Å². The Kier molecular flexibility index (Phi) is 6.26. The van der Waals surface area contributed by atoms with Gasteiger partial charge in [0.15, 0.2) is 0 Å². The Hall–Kier alpha value is -2.81. The second kappa shape index (κ2) is 8.69. The molecule has 2 N–H and O–H groups in total. The van der Waals surface area contributed by atoms with Crippen molar-refractivity contribution in [3.63, 3.8) is 0 Å². The van der Waals surface area contributed by atoms with Gasteiger partial charge in [0.1, 0.15) is 17.1 Å². The minimum Gasteiger partial charge on any atom is -0.491 e. The van der Waals surface area contributed by atoms with E-state index < -0.39 is 11.7 Å². The Morgan fingerprint density at radius 1 is 1.00 bits per heavy atom. The average molecular weight is 467 g/mol. The number of halogens is 4. The second-order valence-corrected chi connectivity index (χ2v) is 7.32. The van der Waals surface area contributed by atoms with Crippen LogP contribution < -0.4 is 15.4 Å². The highest BCUT2D eigenvalue weighted by Crippen LogP contribution is 2.35. The van der Waals surface area contributed by atoms with Crippen molar-refractivity contribution in [1.29, 1.82) is 0 Å². The number of benzene rings is 2. The first-order chi connectivity index (χ1) is 13.7. The molecule has 0 aliphatic carbocycles. The molecular formula is C20H18BrF3N4O. The van der Waals surface area contributed by atoms with Gasteiger partial charge in [0, 0.05) is 22.0 Å². The molecule has 29 heavy (non-hydrogen) atoms. The SMILES string of the molecule is CC(C)Oc1ccc(Nc2ncc(C(F)(F)F)c(Nc3cccc(Br)c3)n2)cc1. The van der Waals surface area contributed by atoms with Gasteiger partial charge < -0.3 is 15.4 Å². The van der Waals surface area contributed by atoms with E-state index in [2.05, 4.69) is 36.5 Å². The van der Waals surface area contributed by atoms with Gasteiger partial charge in [-0.1, -0.05) is 22.0 Å². The number of alkyl halides is 3. The van der Waals surface area contributed by atoms with Crippen LogP contribution in [-0.2, 0) is 6.18 Å². The zero-order chi connectivity index (χ0) is 21.0. The lowest BCUT2D eigenvalue weighted by atomic mass is 10.2. The highest BCUT2D eigenvalue weighted by Gasteiger charge is 2.35. The van der Waals surface area contributed by atoms with Crippen molar-refractivity contribution in [1.82, 2.24) is 9.97 Å². The summed E-state index contributed by atoms with van der Waals surface area (Å²) < 4.78 is 46.4. The number of aromatic nitrogens is 2. The van der Waals surface area contributed by atoms with Crippen LogP contribution in [0.2, 0.25) is 0 Å². The Morgan fingerprint density at radius 2 is 1.72 bits per heavy atom. The third kappa shape index (κ3) is 5.83. The van der Waals surface area contributed by atoms with Crippen LogP contribution in [0.4, 0.5) is 36.3 Å². The van der Waals surface area contributed by atoms with Crippen LogP contribution in [0.15, 0.2) is 59.2 Å².